The molecule has 1 heterocycles. The molecule has 0 aromatic carbocycles. The molecule has 2 rings (SSSR count). The van der Waals surface area contributed by atoms with E-state index in [1.54, 1.807) is 7.11 Å². The first-order valence-electron chi connectivity index (χ1n) is 5.66. The molecule has 1 aliphatic heterocycles. The second kappa shape index (κ2) is 5.10. The van der Waals surface area contributed by atoms with Gasteiger partial charge in [0.1, 0.15) is 0 Å². The largest absolute Gasteiger partial charge is 0.381 e. The van der Waals surface area contributed by atoms with Crippen LogP contribution >= 0.6 is 0 Å². The van der Waals surface area contributed by atoms with Crippen LogP contribution in [0.25, 0.3) is 0 Å². The van der Waals surface area contributed by atoms with Gasteiger partial charge >= 0.3 is 0 Å². The van der Waals surface area contributed by atoms with Crippen LogP contribution in [0.2, 0.25) is 0 Å². The van der Waals surface area contributed by atoms with Crippen LogP contribution in [-0.2, 0) is 14.2 Å². The fourth-order valence-electron chi connectivity index (χ4n) is 2.37. The average molecular weight is 200 g/mol. The van der Waals surface area contributed by atoms with E-state index in [1.807, 2.05) is 0 Å². The van der Waals surface area contributed by atoms with Crippen molar-refractivity contribution in [1.82, 2.24) is 0 Å². The van der Waals surface area contributed by atoms with Crippen molar-refractivity contribution in [2.24, 2.45) is 5.92 Å². The first kappa shape index (κ1) is 10.4. The first-order valence-corrected chi connectivity index (χ1v) is 5.66. The number of hydrogen-bond donors (Lipinski definition) is 0. The summed E-state index contributed by atoms with van der Waals surface area (Å²) in [5.74, 6) is 0.599. The molecule has 14 heavy (non-hydrogen) atoms. The molecule has 2 fully saturated rings. The Labute approximate surface area is 85.7 Å². The van der Waals surface area contributed by atoms with E-state index >= 15 is 0 Å². The molecule has 0 radical (unpaired) electrons. The Bertz CT molecular complexity index is 158. The van der Waals surface area contributed by atoms with Gasteiger partial charge in [0.05, 0.1) is 19.3 Å². The molecule has 2 aliphatic rings. The highest BCUT2D eigenvalue weighted by atomic mass is 16.7. The normalized spacial score (nSPS) is 35.8. The van der Waals surface area contributed by atoms with E-state index in [0.29, 0.717) is 12.0 Å². The van der Waals surface area contributed by atoms with E-state index in [9.17, 15) is 0 Å². The van der Waals surface area contributed by atoms with Crippen molar-refractivity contribution in [3.8, 4) is 0 Å². The number of rotatable bonds is 2. The third-order valence-corrected chi connectivity index (χ3v) is 3.29. The Balaban J connectivity index is 1.76. The predicted octanol–water partition coefficient (Wildman–Crippen LogP) is 1.95. The molecule has 82 valence electrons. The summed E-state index contributed by atoms with van der Waals surface area (Å²) >= 11 is 0. The molecule has 0 aromatic heterocycles. The second-order valence-electron chi connectivity index (χ2n) is 4.24. The van der Waals surface area contributed by atoms with E-state index < -0.39 is 0 Å². The minimum Gasteiger partial charge on any atom is -0.381 e. The second-order valence-corrected chi connectivity index (χ2v) is 4.24. The monoisotopic (exact) mass is 200 g/mol. The lowest BCUT2D eigenvalue weighted by Crippen LogP contribution is -2.35. The summed E-state index contributed by atoms with van der Waals surface area (Å²) in [5, 5.41) is 0. The average Bonchev–Trinajstić information content (AvgIpc) is 2.30. The molecule has 0 N–H and O–H groups in total. The third-order valence-electron chi connectivity index (χ3n) is 3.29. The summed E-state index contributed by atoms with van der Waals surface area (Å²) in [4.78, 5) is 0. The van der Waals surface area contributed by atoms with Crippen LogP contribution in [0.4, 0.5) is 0 Å². The summed E-state index contributed by atoms with van der Waals surface area (Å²) in [6, 6.07) is 0. The van der Waals surface area contributed by atoms with E-state index in [4.69, 9.17) is 14.2 Å². The maximum atomic E-state index is 5.62. The molecule has 0 bridgehead atoms. The quantitative estimate of drug-likeness (QED) is 0.682. The summed E-state index contributed by atoms with van der Waals surface area (Å²) in [5.41, 5.74) is 0. The number of methoxy groups -OCH3 is 1. The van der Waals surface area contributed by atoms with Crippen molar-refractivity contribution in [3.05, 3.63) is 0 Å². The van der Waals surface area contributed by atoms with Gasteiger partial charge in [0.25, 0.3) is 0 Å². The highest BCUT2D eigenvalue weighted by Crippen LogP contribution is 2.31. The summed E-state index contributed by atoms with van der Waals surface area (Å²) in [6.45, 7) is 1.74. The molecular formula is C11H20O3. The van der Waals surface area contributed by atoms with E-state index in [-0.39, 0.29) is 6.29 Å². The summed E-state index contributed by atoms with van der Waals surface area (Å²) in [6.07, 6.45) is 6.27. The smallest absolute Gasteiger partial charge is 0.160 e. The van der Waals surface area contributed by atoms with Crippen LogP contribution in [-0.4, -0.2) is 32.7 Å². The molecule has 1 saturated heterocycles. The Morgan fingerprint density at radius 2 is 1.64 bits per heavy atom. The number of hydrogen-bond acceptors (Lipinski definition) is 3. The molecule has 3 heteroatoms. The lowest BCUT2D eigenvalue weighted by atomic mass is 9.87. The molecule has 1 aliphatic carbocycles. The van der Waals surface area contributed by atoms with Gasteiger partial charge in [-0.25, -0.2) is 0 Å². The van der Waals surface area contributed by atoms with E-state index in [1.165, 1.54) is 12.8 Å². The van der Waals surface area contributed by atoms with Gasteiger partial charge in [0.15, 0.2) is 6.29 Å². The Morgan fingerprint density at radius 1 is 1.00 bits per heavy atom. The zero-order valence-electron chi connectivity index (χ0n) is 8.91. The van der Waals surface area contributed by atoms with Gasteiger partial charge in [-0.2, -0.15) is 0 Å². The van der Waals surface area contributed by atoms with Crippen LogP contribution in [0, 0.1) is 5.92 Å². The van der Waals surface area contributed by atoms with Gasteiger partial charge in [-0.15, -0.1) is 0 Å². The molecule has 0 aromatic rings. The van der Waals surface area contributed by atoms with Gasteiger partial charge in [0.2, 0.25) is 0 Å². The Kier molecular flexibility index (Phi) is 3.79. The minimum atomic E-state index is 0.0709. The first-order chi connectivity index (χ1) is 6.90. The highest BCUT2D eigenvalue weighted by Gasteiger charge is 2.29. The van der Waals surface area contributed by atoms with Crippen molar-refractivity contribution in [1.29, 1.82) is 0 Å². The van der Waals surface area contributed by atoms with Gasteiger partial charge in [-0.3, -0.25) is 0 Å². The fourth-order valence-corrected chi connectivity index (χ4v) is 2.37. The standard InChI is InChI=1S/C11H20O3/c1-12-10-5-3-9(4-6-10)11-13-7-2-8-14-11/h9-11H,2-8H2,1H3. The van der Waals surface area contributed by atoms with Crippen LogP contribution in [0.5, 0.6) is 0 Å². The fraction of sp³-hybridized carbons (Fsp3) is 1.00. The van der Waals surface area contributed by atoms with Gasteiger partial charge < -0.3 is 14.2 Å². The molecule has 3 nitrogen and oxygen atoms in total. The Hall–Kier alpha value is -0.120. The zero-order chi connectivity index (χ0) is 9.80. The van der Waals surface area contributed by atoms with Crippen LogP contribution < -0.4 is 0 Å². The summed E-state index contributed by atoms with van der Waals surface area (Å²) < 4.78 is 16.6. The Morgan fingerprint density at radius 3 is 2.21 bits per heavy atom. The molecule has 0 amide bonds. The molecule has 0 spiro atoms. The van der Waals surface area contributed by atoms with Crippen LogP contribution in [0.1, 0.15) is 32.1 Å². The van der Waals surface area contributed by atoms with Crippen molar-refractivity contribution < 1.29 is 14.2 Å². The maximum absolute atomic E-state index is 5.62. The summed E-state index contributed by atoms with van der Waals surface area (Å²) in [7, 11) is 1.80. The molecule has 0 atom stereocenters. The lowest BCUT2D eigenvalue weighted by molar-refractivity contribution is -0.211. The van der Waals surface area contributed by atoms with E-state index in [2.05, 4.69) is 0 Å². The predicted molar refractivity (Wildman–Crippen MR) is 53.1 cm³/mol. The van der Waals surface area contributed by atoms with Crippen molar-refractivity contribution >= 4 is 0 Å². The van der Waals surface area contributed by atoms with Crippen molar-refractivity contribution in [3.63, 3.8) is 0 Å². The maximum Gasteiger partial charge on any atom is 0.160 e. The topological polar surface area (TPSA) is 27.7 Å². The van der Waals surface area contributed by atoms with Crippen LogP contribution in [0.15, 0.2) is 0 Å². The highest BCUT2D eigenvalue weighted by molar-refractivity contribution is 4.75. The SMILES string of the molecule is COC1CCC(C2OCCCO2)CC1. The minimum absolute atomic E-state index is 0.0709. The molecule has 1 saturated carbocycles. The van der Waals surface area contributed by atoms with E-state index in [0.717, 1.165) is 32.5 Å². The lowest BCUT2D eigenvalue weighted by Gasteiger charge is -2.34. The molecule has 0 unspecified atom stereocenters. The van der Waals surface area contributed by atoms with Gasteiger partial charge in [-0.05, 0) is 32.1 Å². The van der Waals surface area contributed by atoms with Gasteiger partial charge in [-0.1, -0.05) is 0 Å². The van der Waals surface area contributed by atoms with Crippen molar-refractivity contribution in [2.75, 3.05) is 20.3 Å². The van der Waals surface area contributed by atoms with Gasteiger partial charge in [0, 0.05) is 13.0 Å². The molecular weight excluding hydrogens is 180 g/mol. The van der Waals surface area contributed by atoms with Crippen molar-refractivity contribution in [2.45, 2.75) is 44.5 Å². The zero-order valence-corrected chi connectivity index (χ0v) is 8.91. The number of ether oxygens (including phenoxy) is 3. The van der Waals surface area contributed by atoms with Crippen LogP contribution in [0.3, 0.4) is 0 Å². The third kappa shape index (κ3) is 2.47.